The van der Waals surface area contributed by atoms with Gasteiger partial charge >= 0.3 is 6.18 Å². The molecule has 3 nitrogen and oxygen atoms in total. The number of carbonyl (C=O) groups excluding carboxylic acids is 1. The molecule has 0 aromatic heterocycles. The topological polar surface area (TPSA) is 32.3 Å². The first kappa shape index (κ1) is 21.0. The minimum atomic E-state index is -4.37. The van der Waals surface area contributed by atoms with Gasteiger partial charge in [-0.15, -0.1) is 0 Å². The molecular formula is C21H25F3N2O. The van der Waals surface area contributed by atoms with E-state index in [2.05, 4.69) is 24.1 Å². The first-order valence-corrected chi connectivity index (χ1v) is 9.07. The number of rotatable bonds is 8. The SMILES string of the molecule is CCN(CC)C(CNC(=O)Cc1ccc(C(F)(F)F)cc1)c1ccccc1. The Morgan fingerprint density at radius 3 is 2.11 bits per heavy atom. The molecule has 0 fully saturated rings. The van der Waals surface area contributed by atoms with Crippen molar-refractivity contribution < 1.29 is 18.0 Å². The van der Waals surface area contributed by atoms with Crippen LogP contribution in [0.1, 0.15) is 36.6 Å². The van der Waals surface area contributed by atoms with E-state index >= 15 is 0 Å². The quantitative estimate of drug-likeness (QED) is 0.736. The van der Waals surface area contributed by atoms with Crippen molar-refractivity contribution >= 4 is 5.91 Å². The normalized spacial score (nSPS) is 12.8. The standard InChI is InChI=1S/C21H25F3N2O/c1-3-26(4-2)19(17-8-6-5-7-9-17)15-25-20(27)14-16-10-12-18(13-11-16)21(22,23)24/h5-13,19H,3-4,14-15H2,1-2H3,(H,25,27). The van der Waals surface area contributed by atoms with Crippen molar-refractivity contribution in [3.05, 3.63) is 71.3 Å². The molecule has 1 N–H and O–H groups in total. The number of hydrogen-bond donors (Lipinski definition) is 1. The lowest BCUT2D eigenvalue weighted by Gasteiger charge is -2.30. The van der Waals surface area contributed by atoms with Crippen molar-refractivity contribution in [3.63, 3.8) is 0 Å². The van der Waals surface area contributed by atoms with Crippen molar-refractivity contribution in [2.45, 2.75) is 32.5 Å². The van der Waals surface area contributed by atoms with E-state index in [0.717, 1.165) is 30.8 Å². The molecule has 0 saturated carbocycles. The van der Waals surface area contributed by atoms with Gasteiger partial charge in [0.15, 0.2) is 0 Å². The molecule has 27 heavy (non-hydrogen) atoms. The molecule has 0 aliphatic rings. The van der Waals surface area contributed by atoms with E-state index in [4.69, 9.17) is 0 Å². The average Bonchev–Trinajstić information content (AvgIpc) is 2.65. The predicted molar refractivity (Wildman–Crippen MR) is 100 cm³/mol. The fourth-order valence-corrected chi connectivity index (χ4v) is 3.07. The molecule has 0 aliphatic carbocycles. The summed E-state index contributed by atoms with van der Waals surface area (Å²) in [5.41, 5.74) is 0.966. The Morgan fingerprint density at radius 2 is 1.59 bits per heavy atom. The molecule has 2 aromatic carbocycles. The van der Waals surface area contributed by atoms with Crippen LogP contribution in [0, 0.1) is 0 Å². The maximum atomic E-state index is 12.6. The van der Waals surface area contributed by atoms with Gasteiger partial charge < -0.3 is 5.32 Å². The largest absolute Gasteiger partial charge is 0.416 e. The highest BCUT2D eigenvalue weighted by Gasteiger charge is 2.30. The average molecular weight is 378 g/mol. The summed E-state index contributed by atoms with van der Waals surface area (Å²) < 4.78 is 37.8. The van der Waals surface area contributed by atoms with Crippen LogP contribution in [0.3, 0.4) is 0 Å². The van der Waals surface area contributed by atoms with Gasteiger partial charge in [0.1, 0.15) is 0 Å². The molecule has 2 rings (SSSR count). The lowest BCUT2D eigenvalue weighted by atomic mass is 10.0. The zero-order chi connectivity index (χ0) is 19.9. The number of hydrogen-bond acceptors (Lipinski definition) is 2. The zero-order valence-electron chi connectivity index (χ0n) is 15.6. The van der Waals surface area contributed by atoms with Crippen molar-refractivity contribution in [3.8, 4) is 0 Å². The van der Waals surface area contributed by atoms with Crippen LogP contribution < -0.4 is 5.32 Å². The molecule has 0 spiro atoms. The Bertz CT molecular complexity index is 710. The van der Waals surface area contributed by atoms with Crippen LogP contribution in [-0.4, -0.2) is 30.4 Å². The van der Waals surface area contributed by atoms with E-state index in [1.165, 1.54) is 12.1 Å². The highest BCUT2D eigenvalue weighted by atomic mass is 19.4. The Hall–Kier alpha value is -2.34. The summed E-state index contributed by atoms with van der Waals surface area (Å²) in [6, 6.07) is 14.7. The highest BCUT2D eigenvalue weighted by molar-refractivity contribution is 5.78. The van der Waals surface area contributed by atoms with Crippen molar-refractivity contribution in [2.75, 3.05) is 19.6 Å². The zero-order valence-corrected chi connectivity index (χ0v) is 15.6. The van der Waals surface area contributed by atoms with Crippen molar-refractivity contribution in [2.24, 2.45) is 0 Å². The third-order valence-electron chi connectivity index (χ3n) is 4.58. The summed E-state index contributed by atoms with van der Waals surface area (Å²) in [5.74, 6) is -0.206. The fraction of sp³-hybridized carbons (Fsp3) is 0.381. The minimum absolute atomic E-state index is 0.0535. The Kier molecular flexibility index (Phi) is 7.42. The first-order valence-electron chi connectivity index (χ1n) is 9.07. The Morgan fingerprint density at radius 1 is 1.00 bits per heavy atom. The predicted octanol–water partition coefficient (Wildman–Crippen LogP) is 4.45. The van der Waals surface area contributed by atoms with Crippen LogP contribution in [0.25, 0.3) is 0 Å². The number of benzene rings is 2. The molecule has 1 atom stereocenters. The monoisotopic (exact) mass is 378 g/mol. The summed E-state index contributed by atoms with van der Waals surface area (Å²) in [5, 5.41) is 2.92. The van der Waals surface area contributed by atoms with Crippen LogP contribution in [0.2, 0.25) is 0 Å². The lowest BCUT2D eigenvalue weighted by Crippen LogP contribution is -2.38. The van der Waals surface area contributed by atoms with Crippen LogP contribution in [0.5, 0.6) is 0 Å². The molecule has 0 aliphatic heterocycles. The van der Waals surface area contributed by atoms with Crippen LogP contribution in [0.4, 0.5) is 13.2 Å². The molecule has 0 bridgehead atoms. The molecule has 1 unspecified atom stereocenters. The maximum Gasteiger partial charge on any atom is 0.416 e. The van der Waals surface area contributed by atoms with Gasteiger partial charge in [-0.1, -0.05) is 56.3 Å². The Labute approximate surface area is 158 Å². The molecular weight excluding hydrogens is 353 g/mol. The number of amides is 1. The van der Waals surface area contributed by atoms with Gasteiger partial charge in [-0.05, 0) is 36.3 Å². The maximum absolute atomic E-state index is 12.6. The second kappa shape index (κ2) is 9.55. The van der Waals surface area contributed by atoms with Gasteiger partial charge in [-0.3, -0.25) is 9.69 Å². The molecule has 1 amide bonds. The van der Waals surface area contributed by atoms with E-state index in [0.29, 0.717) is 12.1 Å². The third kappa shape index (κ3) is 6.10. The number of nitrogens with zero attached hydrogens (tertiary/aromatic N) is 1. The number of likely N-dealkylation sites (N-methyl/N-ethyl adjacent to an activating group) is 1. The molecule has 146 valence electrons. The van der Waals surface area contributed by atoms with Gasteiger partial charge in [-0.2, -0.15) is 13.2 Å². The van der Waals surface area contributed by atoms with Crippen molar-refractivity contribution in [1.29, 1.82) is 0 Å². The second-order valence-electron chi connectivity index (χ2n) is 6.32. The summed E-state index contributed by atoms with van der Waals surface area (Å²) in [6.07, 6.45) is -4.31. The van der Waals surface area contributed by atoms with Gasteiger partial charge in [0.25, 0.3) is 0 Å². The fourth-order valence-electron chi connectivity index (χ4n) is 3.07. The minimum Gasteiger partial charge on any atom is -0.354 e. The molecule has 0 heterocycles. The Balaban J connectivity index is 1.99. The summed E-state index contributed by atoms with van der Waals surface area (Å²) >= 11 is 0. The number of alkyl halides is 3. The first-order chi connectivity index (χ1) is 12.8. The van der Waals surface area contributed by atoms with Crippen LogP contribution in [-0.2, 0) is 17.4 Å². The molecule has 0 radical (unpaired) electrons. The summed E-state index contributed by atoms with van der Waals surface area (Å²) in [7, 11) is 0. The van der Waals surface area contributed by atoms with E-state index in [-0.39, 0.29) is 18.4 Å². The van der Waals surface area contributed by atoms with Crippen LogP contribution in [0.15, 0.2) is 54.6 Å². The highest BCUT2D eigenvalue weighted by Crippen LogP contribution is 2.29. The van der Waals surface area contributed by atoms with Gasteiger partial charge in [-0.25, -0.2) is 0 Å². The van der Waals surface area contributed by atoms with Gasteiger partial charge in [0.05, 0.1) is 18.0 Å². The summed E-state index contributed by atoms with van der Waals surface area (Å²) in [4.78, 5) is 14.5. The van der Waals surface area contributed by atoms with Crippen LogP contribution >= 0.6 is 0 Å². The molecule has 2 aromatic rings. The van der Waals surface area contributed by atoms with E-state index in [1.807, 2.05) is 30.3 Å². The van der Waals surface area contributed by atoms with E-state index < -0.39 is 11.7 Å². The van der Waals surface area contributed by atoms with Gasteiger partial charge in [0, 0.05) is 6.54 Å². The van der Waals surface area contributed by atoms with E-state index in [9.17, 15) is 18.0 Å². The molecule has 6 heteroatoms. The second-order valence-corrected chi connectivity index (χ2v) is 6.32. The molecule has 0 saturated heterocycles. The smallest absolute Gasteiger partial charge is 0.354 e. The lowest BCUT2D eigenvalue weighted by molar-refractivity contribution is -0.137. The summed E-state index contributed by atoms with van der Waals surface area (Å²) in [6.45, 7) is 6.30. The van der Waals surface area contributed by atoms with E-state index in [1.54, 1.807) is 0 Å². The number of carbonyl (C=O) groups is 1. The van der Waals surface area contributed by atoms with Gasteiger partial charge in [0.2, 0.25) is 5.91 Å². The number of nitrogens with one attached hydrogen (secondary N) is 1. The number of halogens is 3. The van der Waals surface area contributed by atoms with Crippen molar-refractivity contribution in [1.82, 2.24) is 10.2 Å². The third-order valence-corrected chi connectivity index (χ3v) is 4.58.